The monoisotopic (exact) mass is 309 g/mol. The average molecular weight is 310 g/mol. The third-order valence-electron chi connectivity index (χ3n) is 2.53. The molecule has 0 aliphatic rings. The largest absolute Gasteiger partial charge is 0.484 e. The summed E-state index contributed by atoms with van der Waals surface area (Å²) in [4.78, 5) is 15.0. The van der Waals surface area contributed by atoms with Crippen LogP contribution in [0.2, 0.25) is 0 Å². The van der Waals surface area contributed by atoms with E-state index < -0.39 is 0 Å². The first-order chi connectivity index (χ1) is 8.60. The molecule has 0 radical (unpaired) electrons. The van der Waals surface area contributed by atoms with Crippen LogP contribution in [0.3, 0.4) is 0 Å². The molecular formula is C13H12BrNO3. The highest BCUT2D eigenvalue weighted by molar-refractivity contribution is 9.10. The number of nitrogens with zero attached hydrogens (tertiary/aromatic N) is 1. The maximum atomic E-state index is 10.8. The Balaban J connectivity index is 2.08. The van der Waals surface area contributed by atoms with E-state index in [1.807, 2.05) is 13.8 Å². The molecule has 0 aliphatic heterocycles. The van der Waals surface area contributed by atoms with Crippen LogP contribution in [0.25, 0.3) is 0 Å². The summed E-state index contributed by atoms with van der Waals surface area (Å²) in [5.74, 6) is 1.92. The second kappa shape index (κ2) is 5.35. The Labute approximate surface area is 113 Å². The van der Waals surface area contributed by atoms with Crippen molar-refractivity contribution in [2.45, 2.75) is 20.5 Å². The minimum Gasteiger partial charge on any atom is -0.484 e. The van der Waals surface area contributed by atoms with E-state index in [1.165, 1.54) is 0 Å². The molecule has 0 unspecified atom stereocenters. The van der Waals surface area contributed by atoms with E-state index in [2.05, 4.69) is 20.9 Å². The molecule has 0 atom stereocenters. The van der Waals surface area contributed by atoms with Crippen molar-refractivity contribution in [3.63, 3.8) is 0 Å². The molecule has 4 nitrogen and oxygen atoms in total. The Kier molecular flexibility index (Phi) is 3.81. The molecule has 18 heavy (non-hydrogen) atoms. The van der Waals surface area contributed by atoms with Crippen molar-refractivity contribution in [1.29, 1.82) is 0 Å². The molecule has 0 N–H and O–H groups in total. The summed E-state index contributed by atoms with van der Waals surface area (Å²) in [7, 11) is 0. The Morgan fingerprint density at radius 1 is 1.44 bits per heavy atom. The van der Waals surface area contributed by atoms with Gasteiger partial charge in [-0.1, -0.05) is 15.9 Å². The first-order valence-corrected chi connectivity index (χ1v) is 6.20. The zero-order valence-electron chi connectivity index (χ0n) is 10.1. The van der Waals surface area contributed by atoms with Gasteiger partial charge in [0, 0.05) is 10.0 Å². The van der Waals surface area contributed by atoms with E-state index in [-0.39, 0.29) is 6.61 Å². The van der Waals surface area contributed by atoms with E-state index in [1.54, 1.807) is 18.2 Å². The summed E-state index contributed by atoms with van der Waals surface area (Å²) < 4.78 is 11.7. The molecule has 0 spiro atoms. The van der Waals surface area contributed by atoms with Gasteiger partial charge in [-0.25, -0.2) is 4.98 Å². The molecule has 0 aliphatic carbocycles. The quantitative estimate of drug-likeness (QED) is 0.812. The van der Waals surface area contributed by atoms with E-state index in [0.29, 0.717) is 17.2 Å². The highest BCUT2D eigenvalue weighted by Gasteiger charge is 2.07. The van der Waals surface area contributed by atoms with Crippen LogP contribution in [0, 0.1) is 13.8 Å². The number of rotatable bonds is 4. The van der Waals surface area contributed by atoms with Crippen LogP contribution in [-0.2, 0) is 6.61 Å². The Morgan fingerprint density at radius 2 is 2.22 bits per heavy atom. The Bertz CT molecular complexity index is 558. The van der Waals surface area contributed by atoms with Gasteiger partial charge in [0.15, 0.2) is 12.9 Å². The van der Waals surface area contributed by atoms with Gasteiger partial charge in [-0.3, -0.25) is 4.79 Å². The van der Waals surface area contributed by atoms with E-state index >= 15 is 0 Å². The maximum absolute atomic E-state index is 10.8. The fourth-order valence-electron chi connectivity index (χ4n) is 1.45. The lowest BCUT2D eigenvalue weighted by molar-refractivity contribution is 0.112. The number of benzene rings is 1. The van der Waals surface area contributed by atoms with Gasteiger partial charge in [-0.2, -0.15) is 0 Å². The normalized spacial score (nSPS) is 10.4. The smallest absolute Gasteiger partial charge is 0.232 e. The van der Waals surface area contributed by atoms with Crippen LogP contribution < -0.4 is 4.74 Å². The molecule has 94 valence electrons. The van der Waals surface area contributed by atoms with Crippen LogP contribution in [0.15, 0.2) is 27.1 Å². The molecule has 0 saturated carbocycles. The van der Waals surface area contributed by atoms with Crippen LogP contribution in [0.4, 0.5) is 0 Å². The van der Waals surface area contributed by atoms with E-state index in [0.717, 1.165) is 22.2 Å². The first kappa shape index (κ1) is 12.8. The minimum atomic E-state index is 0.245. The van der Waals surface area contributed by atoms with Gasteiger partial charge in [0.05, 0.1) is 5.69 Å². The number of ether oxygens (including phenoxy) is 1. The van der Waals surface area contributed by atoms with Gasteiger partial charge in [-0.05, 0) is 32.0 Å². The van der Waals surface area contributed by atoms with Crippen LogP contribution in [0.5, 0.6) is 5.75 Å². The van der Waals surface area contributed by atoms with Crippen molar-refractivity contribution in [2.24, 2.45) is 0 Å². The molecule has 0 bridgehead atoms. The number of aromatic nitrogens is 1. The number of oxazole rings is 1. The molecule has 1 aromatic carbocycles. The summed E-state index contributed by atoms with van der Waals surface area (Å²) in [5, 5.41) is 0. The summed E-state index contributed by atoms with van der Waals surface area (Å²) in [6, 6.07) is 5.21. The Morgan fingerprint density at radius 3 is 2.83 bits per heavy atom. The summed E-state index contributed by atoms with van der Waals surface area (Å²) in [6.07, 6.45) is 0.774. The molecule has 0 saturated heterocycles. The second-order valence-corrected chi connectivity index (χ2v) is 4.69. The predicted octanol–water partition coefficient (Wildman–Crippen LogP) is 3.45. The van der Waals surface area contributed by atoms with Gasteiger partial charge in [0.25, 0.3) is 0 Å². The lowest BCUT2D eigenvalue weighted by Crippen LogP contribution is -1.96. The third-order valence-corrected chi connectivity index (χ3v) is 3.25. The predicted molar refractivity (Wildman–Crippen MR) is 69.8 cm³/mol. The molecule has 1 heterocycles. The molecule has 2 rings (SSSR count). The highest BCUT2D eigenvalue weighted by Crippen LogP contribution is 2.22. The van der Waals surface area contributed by atoms with Crippen LogP contribution >= 0.6 is 15.9 Å². The van der Waals surface area contributed by atoms with Gasteiger partial charge >= 0.3 is 0 Å². The fourth-order valence-corrected chi connectivity index (χ4v) is 1.79. The molecule has 0 amide bonds. The zero-order chi connectivity index (χ0) is 13.1. The number of aldehydes is 1. The number of carbonyl (C=O) groups is 1. The molecule has 1 aromatic heterocycles. The summed E-state index contributed by atoms with van der Waals surface area (Å²) in [5.41, 5.74) is 1.41. The second-order valence-electron chi connectivity index (χ2n) is 3.84. The van der Waals surface area contributed by atoms with Gasteiger partial charge in [0.1, 0.15) is 11.5 Å². The fraction of sp³-hybridized carbons (Fsp3) is 0.231. The van der Waals surface area contributed by atoms with Gasteiger partial charge < -0.3 is 9.15 Å². The standard InChI is InChI=1S/C13H12BrNO3/c1-8-9(2)18-13(15-8)7-17-11-3-4-12(14)10(5-11)6-16/h3-6H,7H2,1-2H3. The van der Waals surface area contributed by atoms with Crippen LogP contribution in [-0.4, -0.2) is 11.3 Å². The van der Waals surface area contributed by atoms with E-state index in [4.69, 9.17) is 9.15 Å². The maximum Gasteiger partial charge on any atom is 0.232 e. The molecular weight excluding hydrogens is 298 g/mol. The lowest BCUT2D eigenvalue weighted by atomic mass is 10.2. The average Bonchev–Trinajstić information content (AvgIpc) is 2.68. The topological polar surface area (TPSA) is 52.3 Å². The highest BCUT2D eigenvalue weighted by atomic mass is 79.9. The van der Waals surface area contributed by atoms with Crippen molar-refractivity contribution in [3.8, 4) is 5.75 Å². The van der Waals surface area contributed by atoms with Crippen LogP contribution in [0.1, 0.15) is 27.7 Å². The molecule has 2 aromatic rings. The SMILES string of the molecule is Cc1nc(COc2ccc(Br)c(C=O)c2)oc1C. The number of hydrogen-bond donors (Lipinski definition) is 0. The van der Waals surface area contributed by atoms with Crippen molar-refractivity contribution in [1.82, 2.24) is 4.98 Å². The number of carbonyl (C=O) groups excluding carboxylic acids is 1. The van der Waals surface area contributed by atoms with Gasteiger partial charge in [0.2, 0.25) is 5.89 Å². The number of aryl methyl sites for hydroxylation is 2. The van der Waals surface area contributed by atoms with Crippen molar-refractivity contribution in [2.75, 3.05) is 0 Å². The third kappa shape index (κ3) is 2.79. The minimum absolute atomic E-state index is 0.245. The van der Waals surface area contributed by atoms with Crippen molar-refractivity contribution < 1.29 is 13.9 Å². The number of halogens is 1. The Hall–Kier alpha value is -1.62. The number of hydrogen-bond acceptors (Lipinski definition) is 4. The molecule has 5 heteroatoms. The zero-order valence-corrected chi connectivity index (χ0v) is 11.7. The van der Waals surface area contributed by atoms with Crippen molar-refractivity contribution >= 4 is 22.2 Å². The lowest BCUT2D eigenvalue weighted by Gasteiger charge is -2.05. The van der Waals surface area contributed by atoms with Gasteiger partial charge in [-0.15, -0.1) is 0 Å². The van der Waals surface area contributed by atoms with Crippen molar-refractivity contribution in [3.05, 3.63) is 45.6 Å². The first-order valence-electron chi connectivity index (χ1n) is 5.40. The van der Waals surface area contributed by atoms with E-state index in [9.17, 15) is 4.79 Å². The summed E-state index contributed by atoms with van der Waals surface area (Å²) in [6.45, 7) is 3.98. The molecule has 0 fully saturated rings. The summed E-state index contributed by atoms with van der Waals surface area (Å²) >= 11 is 3.28.